The van der Waals surface area contributed by atoms with Crippen molar-refractivity contribution in [3.63, 3.8) is 0 Å². The zero-order valence-corrected chi connectivity index (χ0v) is 15.9. The number of likely N-dealkylation sites (tertiary alicyclic amines) is 1. The van der Waals surface area contributed by atoms with Crippen LogP contribution in [0.15, 0.2) is 47.5 Å². The lowest BCUT2D eigenvalue weighted by Gasteiger charge is -2.32. The van der Waals surface area contributed by atoms with E-state index in [4.69, 9.17) is 0 Å². The third-order valence-corrected chi connectivity index (χ3v) is 5.25. The van der Waals surface area contributed by atoms with Crippen molar-refractivity contribution in [1.82, 2.24) is 29.2 Å². The Hall–Kier alpha value is -2.67. The summed E-state index contributed by atoms with van der Waals surface area (Å²) in [6.45, 7) is 7.09. The smallest absolute Gasteiger partial charge is 0.331 e. The largest absolute Gasteiger partial charge is 0.347 e. The fraction of sp³-hybridized carbons (Fsp3) is 0.450. The number of imidazole rings is 1. The molecule has 3 heterocycles. The molecule has 1 aliphatic rings. The minimum absolute atomic E-state index is 0.177. The van der Waals surface area contributed by atoms with Gasteiger partial charge in [0.25, 0.3) is 0 Å². The predicted octanol–water partition coefficient (Wildman–Crippen LogP) is 2.72. The lowest BCUT2D eigenvalue weighted by atomic mass is 9.97. The van der Waals surface area contributed by atoms with E-state index in [1.807, 2.05) is 42.7 Å². The second kappa shape index (κ2) is 7.52. The van der Waals surface area contributed by atoms with E-state index in [0.717, 1.165) is 49.8 Å². The number of H-pyrrole nitrogens is 1. The van der Waals surface area contributed by atoms with Crippen molar-refractivity contribution in [3.05, 3.63) is 64.9 Å². The Morgan fingerprint density at radius 1 is 1.26 bits per heavy atom. The fourth-order valence-corrected chi connectivity index (χ4v) is 3.96. The molecule has 4 rings (SSSR count). The first-order chi connectivity index (χ1) is 13.1. The maximum atomic E-state index is 12.4. The quantitative estimate of drug-likeness (QED) is 0.754. The van der Waals surface area contributed by atoms with Gasteiger partial charge in [0.15, 0.2) is 0 Å². The summed E-state index contributed by atoms with van der Waals surface area (Å²) in [5.74, 6) is 2.14. The van der Waals surface area contributed by atoms with Gasteiger partial charge in [-0.1, -0.05) is 18.2 Å². The van der Waals surface area contributed by atoms with Crippen LogP contribution in [0, 0.1) is 0 Å². The molecule has 1 fully saturated rings. The Kier molecular flexibility index (Phi) is 4.94. The Morgan fingerprint density at radius 3 is 2.85 bits per heavy atom. The number of aromatic amines is 1. The van der Waals surface area contributed by atoms with Crippen LogP contribution < -0.4 is 5.69 Å². The molecule has 142 valence electrons. The molecule has 1 atom stereocenters. The van der Waals surface area contributed by atoms with Gasteiger partial charge in [0.2, 0.25) is 0 Å². The zero-order valence-electron chi connectivity index (χ0n) is 15.9. The molecule has 2 aromatic heterocycles. The molecule has 27 heavy (non-hydrogen) atoms. The van der Waals surface area contributed by atoms with E-state index in [1.54, 1.807) is 4.57 Å². The van der Waals surface area contributed by atoms with Crippen LogP contribution in [0.1, 0.15) is 50.3 Å². The number of aromatic nitrogens is 5. The maximum Gasteiger partial charge on any atom is 0.347 e. The number of rotatable bonds is 5. The van der Waals surface area contributed by atoms with Gasteiger partial charge in [-0.25, -0.2) is 19.4 Å². The molecule has 0 bridgehead atoms. The molecule has 0 unspecified atom stereocenters. The molecule has 0 spiro atoms. The highest BCUT2D eigenvalue weighted by Gasteiger charge is 2.27. The normalized spacial score (nSPS) is 18.3. The monoisotopic (exact) mass is 366 g/mol. The average Bonchev–Trinajstić information content (AvgIpc) is 3.29. The van der Waals surface area contributed by atoms with Crippen molar-refractivity contribution >= 4 is 0 Å². The van der Waals surface area contributed by atoms with Crippen molar-refractivity contribution in [2.45, 2.75) is 45.2 Å². The fourth-order valence-electron chi connectivity index (χ4n) is 3.96. The Labute approximate surface area is 158 Å². The highest BCUT2D eigenvalue weighted by Crippen LogP contribution is 2.27. The predicted molar refractivity (Wildman–Crippen MR) is 104 cm³/mol. The van der Waals surface area contributed by atoms with Crippen LogP contribution in [0.25, 0.3) is 5.69 Å². The molecule has 3 aromatic rings. The van der Waals surface area contributed by atoms with Crippen LogP contribution in [0.3, 0.4) is 0 Å². The zero-order chi connectivity index (χ0) is 18.8. The second-order valence-corrected chi connectivity index (χ2v) is 7.48. The van der Waals surface area contributed by atoms with E-state index in [0.29, 0.717) is 6.04 Å². The first kappa shape index (κ1) is 17.7. The van der Waals surface area contributed by atoms with Gasteiger partial charge in [-0.05, 0) is 45.4 Å². The summed E-state index contributed by atoms with van der Waals surface area (Å²) in [7, 11) is 0. The molecule has 0 amide bonds. The number of piperidine rings is 1. The molecule has 1 saturated heterocycles. The SMILES string of the molecule is CC(C)n1ccnc1CN1CCC[C@H](c2n[nH]c(=O)n2-c2ccccc2)C1. The van der Waals surface area contributed by atoms with Crippen molar-refractivity contribution in [2.75, 3.05) is 13.1 Å². The Balaban J connectivity index is 1.56. The van der Waals surface area contributed by atoms with Gasteiger partial charge in [0.1, 0.15) is 11.6 Å². The number of nitrogens with one attached hydrogen (secondary N) is 1. The summed E-state index contributed by atoms with van der Waals surface area (Å²) in [6, 6.07) is 10.1. The van der Waals surface area contributed by atoms with E-state index < -0.39 is 0 Å². The Morgan fingerprint density at radius 2 is 2.07 bits per heavy atom. The lowest BCUT2D eigenvalue weighted by molar-refractivity contribution is 0.188. The van der Waals surface area contributed by atoms with Crippen molar-refractivity contribution in [2.24, 2.45) is 0 Å². The van der Waals surface area contributed by atoms with Crippen LogP contribution in [0.2, 0.25) is 0 Å². The molecule has 1 aromatic carbocycles. The topological polar surface area (TPSA) is 71.7 Å². The summed E-state index contributed by atoms with van der Waals surface area (Å²) < 4.78 is 3.93. The number of hydrogen-bond acceptors (Lipinski definition) is 4. The first-order valence-electron chi connectivity index (χ1n) is 9.60. The Bertz CT molecular complexity index is 939. The molecule has 1 N–H and O–H groups in total. The summed E-state index contributed by atoms with van der Waals surface area (Å²) in [6.07, 6.45) is 6.04. The van der Waals surface area contributed by atoms with Crippen molar-refractivity contribution in [3.8, 4) is 5.69 Å². The molecule has 0 radical (unpaired) electrons. The molecule has 0 aliphatic carbocycles. The van der Waals surface area contributed by atoms with Crippen molar-refractivity contribution < 1.29 is 0 Å². The van der Waals surface area contributed by atoms with Gasteiger partial charge in [0, 0.05) is 30.9 Å². The van der Waals surface area contributed by atoms with Crippen molar-refractivity contribution in [1.29, 1.82) is 0 Å². The van der Waals surface area contributed by atoms with Gasteiger partial charge in [-0.2, -0.15) is 5.10 Å². The summed E-state index contributed by atoms with van der Waals surface area (Å²) in [5.41, 5.74) is 0.683. The van der Waals surface area contributed by atoms with E-state index in [2.05, 4.69) is 38.5 Å². The number of benzene rings is 1. The first-order valence-corrected chi connectivity index (χ1v) is 9.60. The van der Waals surface area contributed by atoms with Gasteiger partial charge in [-0.15, -0.1) is 0 Å². The van der Waals surface area contributed by atoms with Gasteiger partial charge >= 0.3 is 5.69 Å². The molecule has 7 nitrogen and oxygen atoms in total. The molecular weight excluding hydrogens is 340 g/mol. The van der Waals surface area contributed by atoms with Crippen LogP contribution in [-0.2, 0) is 6.54 Å². The third-order valence-electron chi connectivity index (χ3n) is 5.25. The van der Waals surface area contributed by atoms with E-state index in [1.165, 1.54) is 0 Å². The lowest BCUT2D eigenvalue weighted by Crippen LogP contribution is -2.36. The van der Waals surface area contributed by atoms with Gasteiger partial charge in [-0.3, -0.25) is 4.90 Å². The van der Waals surface area contributed by atoms with Gasteiger partial charge in [0.05, 0.1) is 12.2 Å². The van der Waals surface area contributed by atoms with E-state index >= 15 is 0 Å². The highest BCUT2D eigenvalue weighted by molar-refractivity contribution is 5.32. The third kappa shape index (κ3) is 3.60. The standard InChI is InChI=1S/C20H26N6O/c1-15(2)25-12-10-21-18(25)14-24-11-6-7-16(13-24)19-22-23-20(27)26(19)17-8-4-3-5-9-17/h3-5,8-10,12,15-16H,6-7,11,13-14H2,1-2H3,(H,23,27)/t16-/m0/s1. The number of nitrogens with zero attached hydrogens (tertiary/aromatic N) is 5. The van der Waals surface area contributed by atoms with Crippen LogP contribution >= 0.6 is 0 Å². The summed E-state index contributed by atoms with van der Waals surface area (Å²) in [4.78, 5) is 19.3. The molecule has 0 saturated carbocycles. The molecular formula is C20H26N6O. The molecule has 7 heteroatoms. The summed E-state index contributed by atoms with van der Waals surface area (Å²) >= 11 is 0. The van der Waals surface area contributed by atoms with Crippen LogP contribution in [0.4, 0.5) is 0 Å². The van der Waals surface area contributed by atoms with Crippen LogP contribution in [0.5, 0.6) is 0 Å². The van der Waals surface area contributed by atoms with E-state index in [-0.39, 0.29) is 11.6 Å². The average molecular weight is 366 g/mol. The van der Waals surface area contributed by atoms with Crippen LogP contribution in [-0.4, -0.2) is 42.3 Å². The second-order valence-electron chi connectivity index (χ2n) is 7.48. The van der Waals surface area contributed by atoms with E-state index in [9.17, 15) is 4.79 Å². The summed E-state index contributed by atoms with van der Waals surface area (Å²) in [5, 5.41) is 7.01. The number of hydrogen-bond donors (Lipinski definition) is 1. The number of para-hydroxylation sites is 1. The minimum atomic E-state index is -0.177. The molecule has 1 aliphatic heterocycles. The highest BCUT2D eigenvalue weighted by atomic mass is 16.1. The maximum absolute atomic E-state index is 12.4. The van der Waals surface area contributed by atoms with Gasteiger partial charge < -0.3 is 4.57 Å². The minimum Gasteiger partial charge on any atom is -0.331 e.